The van der Waals surface area contributed by atoms with Crippen LogP contribution in [0.3, 0.4) is 0 Å². The van der Waals surface area contributed by atoms with Gasteiger partial charge in [-0.1, -0.05) is 23.7 Å². The molecule has 0 radical (unpaired) electrons. The zero-order valence-electron chi connectivity index (χ0n) is 12.1. The topological polar surface area (TPSA) is 73.1 Å². The summed E-state index contributed by atoms with van der Waals surface area (Å²) in [6.07, 6.45) is 2.31. The highest BCUT2D eigenvalue weighted by Gasteiger charge is 2.10. The minimum absolute atomic E-state index is 0.0177. The zero-order chi connectivity index (χ0) is 15.2. The molecule has 0 aliphatic carbocycles. The molecular weight excluding hydrogens is 288 g/mol. The van der Waals surface area contributed by atoms with Crippen LogP contribution in [-0.4, -0.2) is 22.6 Å². The Morgan fingerprint density at radius 2 is 1.95 bits per heavy atom. The van der Waals surface area contributed by atoms with Crippen LogP contribution < -0.4 is 15.8 Å². The predicted molar refractivity (Wildman–Crippen MR) is 85.9 cm³/mol. The number of ether oxygens (including phenoxy) is 1. The van der Waals surface area contributed by atoms with Gasteiger partial charge >= 0.3 is 0 Å². The zero-order valence-corrected chi connectivity index (χ0v) is 12.9. The third-order valence-corrected chi connectivity index (χ3v) is 3.07. The lowest BCUT2D eigenvalue weighted by atomic mass is 10.1. The molecule has 21 heavy (non-hydrogen) atoms. The summed E-state index contributed by atoms with van der Waals surface area (Å²) in [7, 11) is 0. The Labute approximate surface area is 129 Å². The van der Waals surface area contributed by atoms with Crippen molar-refractivity contribution in [2.24, 2.45) is 0 Å². The highest BCUT2D eigenvalue weighted by Crippen LogP contribution is 2.25. The molecule has 2 aromatic rings. The Morgan fingerprint density at radius 1 is 1.24 bits per heavy atom. The van der Waals surface area contributed by atoms with E-state index in [0.29, 0.717) is 23.9 Å². The first kappa shape index (κ1) is 15.4. The predicted octanol–water partition coefficient (Wildman–Crippen LogP) is 3.15. The van der Waals surface area contributed by atoms with Gasteiger partial charge < -0.3 is 15.8 Å². The molecule has 0 spiro atoms. The number of nitrogens with zero attached hydrogens (tertiary/aromatic N) is 2. The second kappa shape index (κ2) is 7.13. The average molecular weight is 307 g/mol. The number of rotatable bonds is 6. The molecular formula is C15H19ClN4O. The molecule has 0 fully saturated rings. The summed E-state index contributed by atoms with van der Waals surface area (Å²) in [5.74, 6) is 1.00. The van der Waals surface area contributed by atoms with Crippen LogP contribution in [-0.2, 0) is 6.42 Å². The van der Waals surface area contributed by atoms with Crippen molar-refractivity contribution < 1.29 is 4.74 Å². The maximum atomic E-state index is 6.00. The number of nitrogens with two attached hydrogens (primary N) is 1. The number of aromatic nitrogens is 2. The molecule has 1 heterocycles. The number of hydrogen-bond donors (Lipinski definition) is 2. The number of nitrogens with one attached hydrogen (secondary N) is 1. The lowest BCUT2D eigenvalue weighted by Crippen LogP contribution is -2.13. The highest BCUT2D eigenvalue weighted by atomic mass is 35.5. The van der Waals surface area contributed by atoms with Gasteiger partial charge in [0.15, 0.2) is 5.82 Å². The van der Waals surface area contributed by atoms with Gasteiger partial charge in [0.1, 0.15) is 12.0 Å². The van der Waals surface area contributed by atoms with Crippen molar-refractivity contribution in [1.82, 2.24) is 9.97 Å². The van der Waals surface area contributed by atoms with Crippen molar-refractivity contribution >= 4 is 23.1 Å². The number of hydrogen-bond acceptors (Lipinski definition) is 5. The molecule has 1 aromatic heterocycles. The second-order valence-electron chi connectivity index (χ2n) is 4.91. The van der Waals surface area contributed by atoms with E-state index in [4.69, 9.17) is 22.1 Å². The van der Waals surface area contributed by atoms with Gasteiger partial charge in [-0.15, -0.1) is 0 Å². The summed E-state index contributed by atoms with van der Waals surface area (Å²) in [6, 6.07) is 7.76. The van der Waals surface area contributed by atoms with E-state index in [0.717, 1.165) is 11.4 Å². The standard InChI is InChI=1S/C15H19ClN4O/c1-10(2)21-15-13(17)14(19-9-20-15)18-8-7-11-3-5-12(16)6-4-11/h3-6,9-10H,7-8,17H2,1-2H3,(H,18,19,20). The largest absolute Gasteiger partial charge is 0.473 e. The molecule has 5 nitrogen and oxygen atoms in total. The summed E-state index contributed by atoms with van der Waals surface area (Å²) >= 11 is 5.86. The Balaban J connectivity index is 1.95. The fourth-order valence-corrected chi connectivity index (χ4v) is 1.94. The lowest BCUT2D eigenvalue weighted by Gasteiger charge is -2.13. The molecule has 2 rings (SSSR count). The summed E-state index contributed by atoms with van der Waals surface area (Å²) in [5, 5.41) is 3.94. The van der Waals surface area contributed by atoms with E-state index in [-0.39, 0.29) is 6.10 Å². The fraction of sp³-hybridized carbons (Fsp3) is 0.333. The molecule has 0 atom stereocenters. The average Bonchev–Trinajstić information content (AvgIpc) is 2.44. The molecule has 0 saturated carbocycles. The van der Waals surface area contributed by atoms with Gasteiger partial charge in [0.2, 0.25) is 5.88 Å². The molecule has 0 aliphatic heterocycles. The number of benzene rings is 1. The third kappa shape index (κ3) is 4.49. The number of anilines is 2. The van der Waals surface area contributed by atoms with Crippen molar-refractivity contribution in [3.05, 3.63) is 41.2 Å². The summed E-state index contributed by atoms with van der Waals surface area (Å²) in [4.78, 5) is 8.19. The Kier molecular flexibility index (Phi) is 5.22. The lowest BCUT2D eigenvalue weighted by molar-refractivity contribution is 0.234. The SMILES string of the molecule is CC(C)Oc1ncnc(NCCc2ccc(Cl)cc2)c1N. The highest BCUT2D eigenvalue weighted by molar-refractivity contribution is 6.30. The monoisotopic (exact) mass is 306 g/mol. The first-order chi connectivity index (χ1) is 10.1. The van der Waals surface area contributed by atoms with Crippen molar-refractivity contribution in [2.45, 2.75) is 26.4 Å². The summed E-state index contributed by atoms with van der Waals surface area (Å²) < 4.78 is 5.53. The summed E-state index contributed by atoms with van der Waals surface area (Å²) in [5.41, 5.74) is 7.63. The van der Waals surface area contributed by atoms with Gasteiger partial charge in [-0.3, -0.25) is 0 Å². The van der Waals surface area contributed by atoms with Crippen LogP contribution in [0.1, 0.15) is 19.4 Å². The van der Waals surface area contributed by atoms with Crippen LogP contribution in [0, 0.1) is 0 Å². The first-order valence-electron chi connectivity index (χ1n) is 6.81. The fourth-order valence-electron chi connectivity index (χ4n) is 1.81. The van der Waals surface area contributed by atoms with Crippen LogP contribution in [0.2, 0.25) is 5.02 Å². The smallest absolute Gasteiger partial charge is 0.242 e. The Hall–Kier alpha value is -2.01. The molecule has 0 saturated heterocycles. The van der Waals surface area contributed by atoms with Crippen LogP contribution >= 0.6 is 11.6 Å². The Morgan fingerprint density at radius 3 is 2.62 bits per heavy atom. The molecule has 0 bridgehead atoms. The van der Waals surface area contributed by atoms with Gasteiger partial charge in [0.25, 0.3) is 0 Å². The van der Waals surface area contributed by atoms with E-state index >= 15 is 0 Å². The molecule has 112 valence electrons. The molecule has 0 unspecified atom stereocenters. The van der Waals surface area contributed by atoms with Crippen LogP contribution in [0.4, 0.5) is 11.5 Å². The van der Waals surface area contributed by atoms with Crippen LogP contribution in [0.5, 0.6) is 5.88 Å². The van der Waals surface area contributed by atoms with Crippen molar-refractivity contribution in [2.75, 3.05) is 17.6 Å². The van der Waals surface area contributed by atoms with E-state index in [2.05, 4.69) is 15.3 Å². The van der Waals surface area contributed by atoms with Gasteiger partial charge in [-0.25, -0.2) is 4.98 Å². The van der Waals surface area contributed by atoms with E-state index in [1.165, 1.54) is 11.9 Å². The third-order valence-electron chi connectivity index (χ3n) is 2.81. The van der Waals surface area contributed by atoms with E-state index in [9.17, 15) is 0 Å². The van der Waals surface area contributed by atoms with Crippen LogP contribution in [0.15, 0.2) is 30.6 Å². The minimum Gasteiger partial charge on any atom is -0.473 e. The van der Waals surface area contributed by atoms with Gasteiger partial charge in [0, 0.05) is 11.6 Å². The van der Waals surface area contributed by atoms with Gasteiger partial charge in [-0.2, -0.15) is 4.98 Å². The quantitative estimate of drug-likeness (QED) is 0.857. The minimum atomic E-state index is 0.0177. The van der Waals surface area contributed by atoms with Crippen molar-refractivity contribution in [3.63, 3.8) is 0 Å². The van der Waals surface area contributed by atoms with E-state index < -0.39 is 0 Å². The second-order valence-corrected chi connectivity index (χ2v) is 5.35. The number of nitrogen functional groups attached to an aromatic ring is 1. The first-order valence-corrected chi connectivity index (χ1v) is 7.19. The maximum Gasteiger partial charge on any atom is 0.242 e. The molecule has 6 heteroatoms. The Bertz CT molecular complexity index is 587. The van der Waals surface area contributed by atoms with E-state index in [1.54, 1.807) is 0 Å². The van der Waals surface area contributed by atoms with E-state index in [1.807, 2.05) is 38.1 Å². The normalized spacial score (nSPS) is 10.7. The van der Waals surface area contributed by atoms with Crippen molar-refractivity contribution in [1.29, 1.82) is 0 Å². The summed E-state index contributed by atoms with van der Waals surface area (Å²) in [6.45, 7) is 4.56. The molecule has 0 aliphatic rings. The van der Waals surface area contributed by atoms with Gasteiger partial charge in [0.05, 0.1) is 6.10 Å². The van der Waals surface area contributed by atoms with Crippen LogP contribution in [0.25, 0.3) is 0 Å². The molecule has 3 N–H and O–H groups in total. The maximum absolute atomic E-state index is 6.00. The molecule has 1 aromatic carbocycles. The van der Waals surface area contributed by atoms with Gasteiger partial charge in [-0.05, 0) is 38.0 Å². The number of halogens is 1. The molecule has 0 amide bonds. The van der Waals surface area contributed by atoms with Crippen molar-refractivity contribution in [3.8, 4) is 5.88 Å².